The fourth-order valence-electron chi connectivity index (χ4n) is 4.25. The van der Waals surface area contributed by atoms with Crippen molar-refractivity contribution in [2.45, 2.75) is 12.8 Å². The summed E-state index contributed by atoms with van der Waals surface area (Å²) in [6.45, 7) is 2.49. The molecule has 1 aromatic heterocycles. The highest BCUT2D eigenvalue weighted by Crippen LogP contribution is 2.45. The van der Waals surface area contributed by atoms with Crippen LogP contribution in [0.25, 0.3) is 5.76 Å². The predicted octanol–water partition coefficient (Wildman–Crippen LogP) is 5.97. The Morgan fingerprint density at radius 2 is 1.76 bits per heavy atom. The summed E-state index contributed by atoms with van der Waals surface area (Å²) < 4.78 is 25.8. The van der Waals surface area contributed by atoms with Gasteiger partial charge in [-0.15, -0.1) is 0 Å². The lowest BCUT2D eigenvalue weighted by atomic mass is 9.81. The van der Waals surface area contributed by atoms with Gasteiger partial charge in [0.15, 0.2) is 0 Å². The zero-order valence-electron chi connectivity index (χ0n) is 20.1. The molecule has 0 aliphatic carbocycles. The molecule has 37 heavy (non-hydrogen) atoms. The van der Waals surface area contributed by atoms with Crippen molar-refractivity contribution in [3.8, 4) is 11.5 Å². The lowest BCUT2D eigenvalue weighted by Crippen LogP contribution is -2.21. The number of pyridine rings is 1. The summed E-state index contributed by atoms with van der Waals surface area (Å²) in [5.74, 6) is 1.03. The van der Waals surface area contributed by atoms with E-state index in [0.717, 1.165) is 22.4 Å². The van der Waals surface area contributed by atoms with Crippen LogP contribution < -0.4 is 14.9 Å². The lowest BCUT2D eigenvalue weighted by Gasteiger charge is -2.30. The van der Waals surface area contributed by atoms with E-state index >= 15 is 0 Å². The third-order valence-corrected chi connectivity index (χ3v) is 5.96. The Labute approximate surface area is 214 Å². The number of fused-ring (bicyclic) bond motifs is 1. The van der Waals surface area contributed by atoms with Gasteiger partial charge in [-0.3, -0.25) is 9.78 Å². The zero-order chi connectivity index (χ0) is 25.6. The number of halogens is 1. The lowest BCUT2D eigenvalue weighted by molar-refractivity contribution is 0.0955. The van der Waals surface area contributed by atoms with Crippen LogP contribution in [0.3, 0.4) is 0 Å². The fraction of sp³-hybridized carbons (Fsp3) is 0.100. The van der Waals surface area contributed by atoms with Crippen molar-refractivity contribution < 1.29 is 18.7 Å². The topological polar surface area (TPSA) is 72.8 Å². The largest absolute Gasteiger partial charge is 0.494 e. The number of nitrogens with one attached hydrogen (secondary N) is 1. The average Bonchev–Trinajstić information content (AvgIpc) is 2.94. The van der Waals surface area contributed by atoms with Gasteiger partial charge in [-0.25, -0.2) is 9.82 Å². The molecule has 184 valence electrons. The molecule has 1 amide bonds. The van der Waals surface area contributed by atoms with Crippen LogP contribution in [0.2, 0.25) is 0 Å². The highest BCUT2D eigenvalue weighted by Gasteiger charge is 2.31. The molecule has 1 N–H and O–H groups in total. The third kappa shape index (κ3) is 5.26. The molecule has 0 bridgehead atoms. The molecule has 6 nitrogen and oxygen atoms in total. The molecular formula is C30H24FN3O3. The van der Waals surface area contributed by atoms with Gasteiger partial charge in [0.2, 0.25) is 0 Å². The minimum atomic E-state index is -0.364. The van der Waals surface area contributed by atoms with Crippen molar-refractivity contribution in [1.29, 1.82) is 0 Å². The molecule has 4 aromatic rings. The maximum Gasteiger partial charge on any atom is 0.271 e. The maximum absolute atomic E-state index is 13.8. The summed E-state index contributed by atoms with van der Waals surface area (Å²) in [6, 6.07) is 24.9. The number of hydrogen-bond acceptors (Lipinski definition) is 5. The Bertz CT molecular complexity index is 1450. The second kappa shape index (κ2) is 10.9. The summed E-state index contributed by atoms with van der Waals surface area (Å²) >= 11 is 0. The van der Waals surface area contributed by atoms with E-state index in [9.17, 15) is 9.18 Å². The number of nitrogens with zero attached hydrogens (tertiary/aromatic N) is 2. The van der Waals surface area contributed by atoms with E-state index in [0.29, 0.717) is 29.3 Å². The van der Waals surface area contributed by atoms with E-state index < -0.39 is 0 Å². The van der Waals surface area contributed by atoms with E-state index in [2.05, 4.69) is 15.5 Å². The van der Waals surface area contributed by atoms with Gasteiger partial charge in [-0.1, -0.05) is 30.3 Å². The number of amides is 1. The predicted molar refractivity (Wildman–Crippen MR) is 140 cm³/mol. The first-order chi connectivity index (χ1) is 18.1. The Hall–Kier alpha value is -4.78. The van der Waals surface area contributed by atoms with Gasteiger partial charge < -0.3 is 9.47 Å². The number of rotatable bonds is 7. The van der Waals surface area contributed by atoms with E-state index in [1.807, 2.05) is 55.5 Å². The fourth-order valence-corrected chi connectivity index (χ4v) is 4.25. The number of carbonyl (C=O) groups is 1. The van der Waals surface area contributed by atoms with Crippen LogP contribution in [-0.2, 0) is 0 Å². The monoisotopic (exact) mass is 493 g/mol. The van der Waals surface area contributed by atoms with Gasteiger partial charge in [0.1, 0.15) is 23.1 Å². The van der Waals surface area contributed by atoms with E-state index in [-0.39, 0.29) is 17.6 Å². The van der Waals surface area contributed by atoms with E-state index in [4.69, 9.17) is 9.47 Å². The third-order valence-electron chi connectivity index (χ3n) is 5.96. The quantitative estimate of drug-likeness (QED) is 0.254. The highest BCUT2D eigenvalue weighted by atomic mass is 19.1. The number of para-hydroxylation sites is 1. The zero-order valence-corrected chi connectivity index (χ0v) is 20.1. The number of hydrogen-bond donors (Lipinski definition) is 1. The summed E-state index contributed by atoms with van der Waals surface area (Å²) in [6.07, 6.45) is 4.68. The first-order valence-electron chi connectivity index (χ1n) is 11.9. The first-order valence-corrected chi connectivity index (χ1v) is 11.9. The van der Waals surface area contributed by atoms with Crippen LogP contribution in [0, 0.1) is 5.82 Å². The molecule has 3 aromatic carbocycles. The highest BCUT2D eigenvalue weighted by molar-refractivity contribution is 5.97. The van der Waals surface area contributed by atoms with Crippen LogP contribution in [0.4, 0.5) is 4.39 Å². The summed E-state index contributed by atoms with van der Waals surface area (Å²) in [5, 5.41) is 4.28. The van der Waals surface area contributed by atoms with Crippen LogP contribution in [-0.4, -0.2) is 23.7 Å². The van der Waals surface area contributed by atoms with Gasteiger partial charge in [0.05, 0.1) is 12.8 Å². The van der Waals surface area contributed by atoms with Crippen LogP contribution in [0.5, 0.6) is 11.5 Å². The Balaban J connectivity index is 1.60. The molecule has 0 saturated carbocycles. The van der Waals surface area contributed by atoms with Crippen molar-refractivity contribution >= 4 is 17.9 Å². The second-order valence-electron chi connectivity index (χ2n) is 8.30. The van der Waals surface area contributed by atoms with Crippen molar-refractivity contribution in [2.24, 2.45) is 5.10 Å². The molecular weight excluding hydrogens is 469 g/mol. The van der Waals surface area contributed by atoms with Gasteiger partial charge in [-0.2, -0.15) is 5.10 Å². The van der Waals surface area contributed by atoms with Crippen LogP contribution in [0.1, 0.15) is 39.9 Å². The molecule has 0 saturated heterocycles. The molecule has 1 aliphatic heterocycles. The summed E-state index contributed by atoms with van der Waals surface area (Å²) in [4.78, 5) is 16.5. The molecule has 0 unspecified atom stereocenters. The second-order valence-corrected chi connectivity index (χ2v) is 8.30. The normalized spacial score (nSPS) is 14.7. The van der Waals surface area contributed by atoms with Crippen molar-refractivity contribution in [2.75, 3.05) is 6.61 Å². The molecule has 7 heteroatoms. The van der Waals surface area contributed by atoms with Crippen LogP contribution in [0.15, 0.2) is 108 Å². The number of carbonyl (C=O) groups excluding carboxylic acids is 1. The molecule has 0 radical (unpaired) electrons. The van der Waals surface area contributed by atoms with Crippen LogP contribution >= 0.6 is 0 Å². The van der Waals surface area contributed by atoms with Gasteiger partial charge in [0, 0.05) is 40.6 Å². The Morgan fingerprint density at radius 1 is 1.03 bits per heavy atom. The number of allylic oxidation sites excluding steroid dienone is 1. The smallest absolute Gasteiger partial charge is 0.271 e. The number of benzene rings is 3. The van der Waals surface area contributed by atoms with Gasteiger partial charge >= 0.3 is 0 Å². The van der Waals surface area contributed by atoms with Gasteiger partial charge in [0.25, 0.3) is 5.91 Å². The molecule has 0 fully saturated rings. The van der Waals surface area contributed by atoms with Crippen molar-refractivity contribution in [1.82, 2.24) is 10.4 Å². The standard InChI is InChI=1S/C30H24FN3O3/c1-2-36-24-13-9-21(10-14-24)29-26(19-33-34-30(35)22-15-17-32-18-16-22)28(20-7-11-23(31)12-8-20)25-5-3-4-6-27(25)37-29/h3-19,28H,2H2,1H3,(H,34,35)/t28-/m0/s1. The maximum atomic E-state index is 13.8. The SMILES string of the molecule is CCOc1ccc(C2=C(C=NNC(=O)c3ccncc3)[C@@H](c3ccc(F)cc3)c3ccccc3O2)cc1. The number of aromatic nitrogens is 1. The Kier molecular flexibility index (Phi) is 7.03. The molecule has 2 heterocycles. The Morgan fingerprint density at radius 3 is 2.49 bits per heavy atom. The van der Waals surface area contributed by atoms with Gasteiger partial charge in [-0.05, 0) is 67.1 Å². The molecule has 0 spiro atoms. The summed E-state index contributed by atoms with van der Waals surface area (Å²) in [7, 11) is 0. The molecule has 5 rings (SSSR count). The van der Waals surface area contributed by atoms with E-state index in [1.165, 1.54) is 12.1 Å². The molecule has 1 atom stereocenters. The number of hydrazone groups is 1. The minimum absolute atomic E-state index is 0.311. The van der Waals surface area contributed by atoms with E-state index in [1.54, 1.807) is 42.9 Å². The first kappa shape index (κ1) is 23.9. The number of ether oxygens (including phenoxy) is 2. The summed E-state index contributed by atoms with van der Waals surface area (Å²) in [5.41, 5.74) is 6.32. The minimum Gasteiger partial charge on any atom is -0.494 e. The average molecular weight is 494 g/mol. The molecule has 1 aliphatic rings. The van der Waals surface area contributed by atoms with Crippen molar-refractivity contribution in [3.05, 3.63) is 131 Å². The van der Waals surface area contributed by atoms with Crippen molar-refractivity contribution in [3.63, 3.8) is 0 Å².